The van der Waals surface area contributed by atoms with Crippen molar-refractivity contribution in [2.45, 2.75) is 33.1 Å². The number of aryl methyl sites for hydroxylation is 1. The number of nitrogens with zero attached hydrogens (tertiary/aromatic N) is 1. The van der Waals surface area contributed by atoms with Crippen LogP contribution in [0.1, 0.15) is 31.7 Å². The molecule has 0 aliphatic carbocycles. The van der Waals surface area contributed by atoms with Crippen LogP contribution in [0.3, 0.4) is 0 Å². The summed E-state index contributed by atoms with van der Waals surface area (Å²) in [4.78, 5) is 19.6. The van der Waals surface area contributed by atoms with Gasteiger partial charge in [-0.15, -0.1) is 0 Å². The number of halogens is 1. The molecular weight excluding hydrogens is 380 g/mol. The molecule has 0 aliphatic rings. The largest absolute Gasteiger partial charge is 0.338 e. The lowest BCUT2D eigenvalue weighted by atomic mass is 10.2. The minimum atomic E-state index is -0.0674. The molecule has 5 nitrogen and oxygen atoms in total. The first kappa shape index (κ1) is 19.3. The van der Waals surface area contributed by atoms with Crippen LogP contribution in [0.5, 0.6) is 0 Å². The molecule has 0 atom stereocenters. The number of aromatic nitrogens is 2. The number of hydrogen-bond donors (Lipinski definition) is 3. The number of H-pyrrole nitrogens is 1. The van der Waals surface area contributed by atoms with Crippen molar-refractivity contribution >= 4 is 51.6 Å². The molecule has 3 N–H and O–H groups in total. The van der Waals surface area contributed by atoms with E-state index in [1.54, 1.807) is 0 Å². The zero-order chi connectivity index (χ0) is 19.4. The minimum Gasteiger partial charge on any atom is -0.338 e. The molecule has 0 fully saturated rings. The fraction of sp³-hybridized carbons (Fsp3) is 0.250. The van der Waals surface area contributed by atoms with Gasteiger partial charge < -0.3 is 15.6 Å². The molecule has 0 saturated heterocycles. The molecule has 7 heteroatoms. The first-order valence-electron chi connectivity index (χ1n) is 8.83. The average molecular weight is 401 g/mol. The first-order valence-corrected chi connectivity index (χ1v) is 9.62. The van der Waals surface area contributed by atoms with Crippen LogP contribution in [-0.2, 0) is 4.79 Å². The second kappa shape index (κ2) is 8.50. The van der Waals surface area contributed by atoms with Crippen LogP contribution in [-0.4, -0.2) is 21.0 Å². The Bertz CT molecular complexity index is 943. The molecule has 1 heterocycles. The van der Waals surface area contributed by atoms with Crippen molar-refractivity contribution in [2.24, 2.45) is 0 Å². The van der Waals surface area contributed by atoms with Crippen LogP contribution in [0.15, 0.2) is 36.4 Å². The Balaban J connectivity index is 1.68. The summed E-state index contributed by atoms with van der Waals surface area (Å²) >= 11 is 11.4. The number of fused-ring (bicyclic) bond motifs is 1. The summed E-state index contributed by atoms with van der Waals surface area (Å²) in [6, 6.07) is 11.5. The third kappa shape index (κ3) is 4.84. The molecule has 1 aromatic heterocycles. The van der Waals surface area contributed by atoms with E-state index in [0.29, 0.717) is 16.6 Å². The van der Waals surface area contributed by atoms with Gasteiger partial charge in [-0.3, -0.25) is 4.79 Å². The maximum atomic E-state index is 11.7. The third-order valence-corrected chi connectivity index (χ3v) is 4.80. The van der Waals surface area contributed by atoms with Gasteiger partial charge in [0.2, 0.25) is 5.91 Å². The van der Waals surface area contributed by atoms with E-state index in [-0.39, 0.29) is 5.91 Å². The number of imidazole rings is 1. The van der Waals surface area contributed by atoms with Crippen molar-refractivity contribution in [1.29, 1.82) is 0 Å². The van der Waals surface area contributed by atoms with E-state index in [1.807, 2.05) is 50.2 Å². The van der Waals surface area contributed by atoms with Crippen LogP contribution in [0.25, 0.3) is 22.4 Å². The van der Waals surface area contributed by atoms with E-state index in [1.165, 1.54) is 0 Å². The summed E-state index contributed by atoms with van der Waals surface area (Å²) in [5.41, 5.74) is 4.54. The molecule has 0 saturated carbocycles. The molecule has 0 bridgehead atoms. The fourth-order valence-electron chi connectivity index (χ4n) is 2.68. The molecule has 0 spiro atoms. The minimum absolute atomic E-state index is 0.0674. The van der Waals surface area contributed by atoms with Gasteiger partial charge in [-0.25, -0.2) is 4.98 Å². The van der Waals surface area contributed by atoms with E-state index < -0.39 is 0 Å². The van der Waals surface area contributed by atoms with Crippen molar-refractivity contribution in [3.05, 3.63) is 47.0 Å². The van der Waals surface area contributed by atoms with Crippen LogP contribution in [0, 0.1) is 6.92 Å². The van der Waals surface area contributed by atoms with Crippen molar-refractivity contribution in [3.63, 3.8) is 0 Å². The van der Waals surface area contributed by atoms with Gasteiger partial charge in [0.15, 0.2) is 5.11 Å². The number of unbranched alkanes of at least 4 members (excludes halogenated alkanes) is 1. The summed E-state index contributed by atoms with van der Waals surface area (Å²) in [6.45, 7) is 4.01. The molecule has 2 aromatic carbocycles. The van der Waals surface area contributed by atoms with Crippen LogP contribution in [0.4, 0.5) is 5.69 Å². The van der Waals surface area contributed by atoms with Crippen LogP contribution in [0.2, 0.25) is 5.02 Å². The number of carbonyl (C=O) groups excluding carboxylic acids is 1. The van der Waals surface area contributed by atoms with Gasteiger partial charge in [-0.2, -0.15) is 0 Å². The quantitative estimate of drug-likeness (QED) is 0.515. The first-order chi connectivity index (χ1) is 13.0. The van der Waals surface area contributed by atoms with Crippen molar-refractivity contribution < 1.29 is 4.79 Å². The monoisotopic (exact) mass is 400 g/mol. The average Bonchev–Trinajstić information content (AvgIpc) is 3.03. The Morgan fingerprint density at radius 3 is 2.70 bits per heavy atom. The van der Waals surface area contributed by atoms with E-state index in [0.717, 1.165) is 46.5 Å². The Morgan fingerprint density at radius 1 is 1.26 bits per heavy atom. The van der Waals surface area contributed by atoms with Gasteiger partial charge in [-0.05, 0) is 67.5 Å². The maximum Gasteiger partial charge on any atom is 0.226 e. The zero-order valence-electron chi connectivity index (χ0n) is 15.2. The Kier molecular flexibility index (Phi) is 6.08. The normalized spacial score (nSPS) is 10.8. The molecule has 3 rings (SSSR count). The summed E-state index contributed by atoms with van der Waals surface area (Å²) in [5, 5.41) is 6.72. The van der Waals surface area contributed by atoms with E-state index >= 15 is 0 Å². The standard InChI is InChI=1S/C20H21ClN4OS/c1-3-4-5-18(26)25-20(27)22-14-8-6-13(7-9-14)19-23-16-10-12(2)15(21)11-17(16)24-19/h6-11H,3-5H2,1-2H3,(H,23,24)(H2,22,25,26,27). The van der Waals surface area contributed by atoms with E-state index in [4.69, 9.17) is 23.8 Å². The van der Waals surface area contributed by atoms with E-state index in [9.17, 15) is 4.79 Å². The number of nitrogens with one attached hydrogen (secondary N) is 3. The van der Waals surface area contributed by atoms with Gasteiger partial charge in [0, 0.05) is 22.7 Å². The Labute approximate surface area is 168 Å². The van der Waals surface area contributed by atoms with Crippen molar-refractivity contribution in [2.75, 3.05) is 5.32 Å². The summed E-state index contributed by atoms with van der Waals surface area (Å²) in [6.07, 6.45) is 2.31. The highest BCUT2D eigenvalue weighted by Crippen LogP contribution is 2.26. The highest BCUT2D eigenvalue weighted by Gasteiger charge is 2.08. The lowest BCUT2D eigenvalue weighted by molar-refractivity contribution is -0.119. The molecule has 1 amide bonds. The second-order valence-corrected chi connectivity index (χ2v) is 7.20. The van der Waals surface area contributed by atoms with Crippen LogP contribution < -0.4 is 10.6 Å². The predicted molar refractivity (Wildman–Crippen MR) is 115 cm³/mol. The summed E-state index contributed by atoms with van der Waals surface area (Å²) in [5.74, 6) is 0.705. The van der Waals surface area contributed by atoms with Gasteiger partial charge in [0.1, 0.15) is 5.82 Å². The molecule has 0 aliphatic heterocycles. The summed E-state index contributed by atoms with van der Waals surface area (Å²) in [7, 11) is 0. The number of rotatable bonds is 5. The van der Waals surface area contributed by atoms with Gasteiger partial charge in [-0.1, -0.05) is 24.9 Å². The van der Waals surface area contributed by atoms with Crippen molar-refractivity contribution in [1.82, 2.24) is 15.3 Å². The number of amides is 1. The lowest BCUT2D eigenvalue weighted by Gasteiger charge is -2.09. The Morgan fingerprint density at radius 2 is 2.00 bits per heavy atom. The Hall–Kier alpha value is -2.44. The van der Waals surface area contributed by atoms with Gasteiger partial charge >= 0.3 is 0 Å². The number of hydrogen-bond acceptors (Lipinski definition) is 3. The molecule has 0 radical (unpaired) electrons. The summed E-state index contributed by atoms with van der Waals surface area (Å²) < 4.78 is 0. The predicted octanol–water partition coefficient (Wildman–Crippen LogP) is 5.19. The molecular formula is C20H21ClN4OS. The number of benzene rings is 2. The molecule has 3 aromatic rings. The number of thiocarbonyl (C=S) groups is 1. The highest BCUT2D eigenvalue weighted by molar-refractivity contribution is 7.80. The number of anilines is 1. The van der Waals surface area contributed by atoms with Gasteiger partial charge in [0.25, 0.3) is 0 Å². The van der Waals surface area contributed by atoms with E-state index in [2.05, 4.69) is 20.6 Å². The zero-order valence-corrected chi connectivity index (χ0v) is 16.8. The molecule has 27 heavy (non-hydrogen) atoms. The molecule has 0 unspecified atom stereocenters. The smallest absolute Gasteiger partial charge is 0.226 e. The molecule has 140 valence electrons. The highest BCUT2D eigenvalue weighted by atomic mass is 35.5. The maximum absolute atomic E-state index is 11.7. The third-order valence-electron chi connectivity index (χ3n) is 4.19. The van der Waals surface area contributed by atoms with Gasteiger partial charge in [0.05, 0.1) is 11.0 Å². The topological polar surface area (TPSA) is 69.8 Å². The SMILES string of the molecule is CCCCC(=O)NC(=S)Nc1ccc(-c2nc3cc(Cl)c(C)cc3[nH]2)cc1. The van der Waals surface area contributed by atoms with Crippen molar-refractivity contribution in [3.8, 4) is 11.4 Å². The number of carbonyl (C=O) groups is 1. The number of aromatic amines is 1. The second-order valence-electron chi connectivity index (χ2n) is 6.39. The fourth-order valence-corrected chi connectivity index (χ4v) is 3.07. The lowest BCUT2D eigenvalue weighted by Crippen LogP contribution is -2.33. The van der Waals surface area contributed by atoms with Crippen LogP contribution >= 0.6 is 23.8 Å².